The highest BCUT2D eigenvalue weighted by Gasteiger charge is 2.27. The minimum Gasteiger partial charge on any atom is -0.379 e. The molecule has 170 valence electrons. The molecule has 1 aliphatic rings. The largest absolute Gasteiger partial charge is 0.379 e. The molecule has 1 fully saturated rings. The second-order valence-corrected chi connectivity index (χ2v) is 9.31. The first-order valence-electron chi connectivity index (χ1n) is 11.2. The van der Waals surface area contributed by atoms with Gasteiger partial charge in [0.2, 0.25) is 11.9 Å². The molecule has 3 aromatic rings. The van der Waals surface area contributed by atoms with Crippen molar-refractivity contribution in [3.63, 3.8) is 0 Å². The highest BCUT2D eigenvalue weighted by molar-refractivity contribution is 7.17. The number of piperidine rings is 1. The van der Waals surface area contributed by atoms with Crippen LogP contribution < -0.4 is 15.8 Å². The number of ether oxygens (including phenoxy) is 1. The van der Waals surface area contributed by atoms with Gasteiger partial charge in [-0.2, -0.15) is 0 Å². The van der Waals surface area contributed by atoms with Gasteiger partial charge >= 0.3 is 0 Å². The molecule has 1 aromatic carbocycles. The number of nitrogens with zero attached hydrogens (tertiary/aromatic N) is 2. The number of benzene rings is 1. The van der Waals surface area contributed by atoms with Crippen molar-refractivity contribution in [2.75, 3.05) is 31.1 Å². The number of hydrogen-bond acceptors (Lipinski definition) is 6. The Morgan fingerprint density at radius 2 is 2.16 bits per heavy atom. The van der Waals surface area contributed by atoms with Gasteiger partial charge in [0.25, 0.3) is 5.56 Å². The Morgan fingerprint density at radius 3 is 2.94 bits per heavy atom. The third kappa shape index (κ3) is 5.19. The first-order valence-corrected chi connectivity index (χ1v) is 12.1. The molecule has 0 aliphatic carbocycles. The minimum atomic E-state index is -0.131. The summed E-state index contributed by atoms with van der Waals surface area (Å²) in [7, 11) is 0. The number of aromatic amines is 1. The van der Waals surface area contributed by atoms with E-state index in [9.17, 15) is 9.59 Å². The Labute approximate surface area is 191 Å². The van der Waals surface area contributed by atoms with Crippen LogP contribution in [0.4, 0.5) is 5.95 Å². The molecule has 1 saturated heterocycles. The molecule has 4 rings (SSSR count). The van der Waals surface area contributed by atoms with Gasteiger partial charge in [-0.15, -0.1) is 11.3 Å². The van der Waals surface area contributed by atoms with Crippen LogP contribution in [0.5, 0.6) is 0 Å². The van der Waals surface area contributed by atoms with Crippen LogP contribution in [0.2, 0.25) is 0 Å². The van der Waals surface area contributed by atoms with Crippen LogP contribution >= 0.6 is 11.3 Å². The maximum Gasteiger partial charge on any atom is 0.270 e. The second-order valence-electron chi connectivity index (χ2n) is 8.43. The molecular weight excluding hydrogens is 424 g/mol. The van der Waals surface area contributed by atoms with E-state index in [2.05, 4.69) is 10.3 Å². The van der Waals surface area contributed by atoms with Crippen LogP contribution in [0.1, 0.15) is 33.1 Å². The van der Waals surface area contributed by atoms with Gasteiger partial charge in [-0.1, -0.05) is 30.3 Å². The fourth-order valence-corrected chi connectivity index (χ4v) is 4.93. The van der Waals surface area contributed by atoms with E-state index in [-0.39, 0.29) is 23.5 Å². The fraction of sp³-hybridized carbons (Fsp3) is 0.458. The molecule has 1 atom stereocenters. The summed E-state index contributed by atoms with van der Waals surface area (Å²) in [4.78, 5) is 35.2. The van der Waals surface area contributed by atoms with Gasteiger partial charge in [0.15, 0.2) is 0 Å². The normalized spacial score (nSPS) is 16.6. The molecule has 2 N–H and O–H groups in total. The van der Waals surface area contributed by atoms with Crippen molar-refractivity contribution in [3.05, 3.63) is 46.1 Å². The third-order valence-electron chi connectivity index (χ3n) is 5.66. The lowest BCUT2D eigenvalue weighted by Crippen LogP contribution is -2.44. The van der Waals surface area contributed by atoms with E-state index in [4.69, 9.17) is 9.72 Å². The average Bonchev–Trinajstić information content (AvgIpc) is 3.24. The molecule has 32 heavy (non-hydrogen) atoms. The van der Waals surface area contributed by atoms with Crippen LogP contribution in [0, 0.1) is 5.92 Å². The highest BCUT2D eigenvalue weighted by atomic mass is 32.1. The minimum absolute atomic E-state index is 0.0585. The number of hydrogen-bond donors (Lipinski definition) is 2. The van der Waals surface area contributed by atoms with E-state index >= 15 is 0 Å². The maximum absolute atomic E-state index is 12.8. The molecule has 0 bridgehead atoms. The monoisotopic (exact) mass is 454 g/mol. The number of carbonyl (C=O) groups is 1. The Hall–Kier alpha value is -2.71. The smallest absolute Gasteiger partial charge is 0.270 e. The topological polar surface area (TPSA) is 87.3 Å². The van der Waals surface area contributed by atoms with Gasteiger partial charge in [0.1, 0.15) is 4.70 Å². The summed E-state index contributed by atoms with van der Waals surface area (Å²) in [5, 5.41) is 5.02. The SMILES string of the molecule is CC(C)OCCCNC(=O)[C@H]1CCCN(c2nc3c(-c4ccccc4)csc3c(=O)[nH]2)C1. The number of amides is 1. The van der Waals surface area contributed by atoms with Crippen molar-refractivity contribution in [1.82, 2.24) is 15.3 Å². The summed E-state index contributed by atoms with van der Waals surface area (Å²) in [5.41, 5.74) is 2.60. The predicted octanol–water partition coefficient (Wildman–Crippen LogP) is 3.80. The van der Waals surface area contributed by atoms with Crippen molar-refractivity contribution in [3.8, 4) is 11.1 Å². The van der Waals surface area contributed by atoms with E-state index in [1.54, 1.807) is 0 Å². The van der Waals surface area contributed by atoms with E-state index in [0.717, 1.165) is 42.5 Å². The predicted molar refractivity (Wildman–Crippen MR) is 129 cm³/mol. The van der Waals surface area contributed by atoms with Gasteiger partial charge in [-0.25, -0.2) is 4.98 Å². The molecule has 8 heteroatoms. The summed E-state index contributed by atoms with van der Waals surface area (Å²) >= 11 is 1.41. The van der Waals surface area contributed by atoms with Gasteiger partial charge < -0.3 is 15.0 Å². The lowest BCUT2D eigenvalue weighted by Gasteiger charge is -2.32. The van der Waals surface area contributed by atoms with E-state index in [1.165, 1.54) is 11.3 Å². The molecule has 7 nitrogen and oxygen atoms in total. The van der Waals surface area contributed by atoms with E-state index < -0.39 is 0 Å². The third-order valence-corrected chi connectivity index (χ3v) is 6.63. The summed E-state index contributed by atoms with van der Waals surface area (Å²) in [6.07, 6.45) is 2.72. The van der Waals surface area contributed by atoms with Gasteiger partial charge in [0.05, 0.1) is 17.5 Å². The maximum atomic E-state index is 12.8. The zero-order valence-corrected chi connectivity index (χ0v) is 19.4. The number of aromatic nitrogens is 2. The molecule has 2 aromatic heterocycles. The fourth-order valence-electron chi connectivity index (χ4n) is 4.02. The number of thiophene rings is 1. The van der Waals surface area contributed by atoms with Crippen LogP contribution in [0.3, 0.4) is 0 Å². The second kappa shape index (κ2) is 10.3. The zero-order chi connectivity index (χ0) is 22.5. The van der Waals surface area contributed by atoms with E-state index in [0.29, 0.717) is 30.3 Å². The van der Waals surface area contributed by atoms with Crippen molar-refractivity contribution >= 4 is 33.4 Å². The van der Waals surface area contributed by atoms with Gasteiger partial charge in [-0.05, 0) is 38.7 Å². The first-order chi connectivity index (χ1) is 15.5. The van der Waals surface area contributed by atoms with Crippen LogP contribution in [0.25, 0.3) is 21.3 Å². The average molecular weight is 455 g/mol. The summed E-state index contributed by atoms with van der Waals surface area (Å²) in [5.74, 6) is 0.482. The Morgan fingerprint density at radius 1 is 1.34 bits per heavy atom. The van der Waals surface area contributed by atoms with Crippen molar-refractivity contribution in [1.29, 1.82) is 0 Å². The molecule has 0 unspecified atom stereocenters. The molecule has 1 aliphatic heterocycles. The Balaban J connectivity index is 1.47. The Bertz CT molecular complexity index is 1110. The zero-order valence-electron chi connectivity index (χ0n) is 18.6. The Kier molecular flexibility index (Phi) is 7.22. The quantitative estimate of drug-likeness (QED) is 0.506. The molecule has 0 spiro atoms. The van der Waals surface area contributed by atoms with Crippen LogP contribution in [-0.2, 0) is 9.53 Å². The van der Waals surface area contributed by atoms with Crippen LogP contribution in [-0.4, -0.2) is 48.2 Å². The van der Waals surface area contributed by atoms with Crippen LogP contribution in [0.15, 0.2) is 40.5 Å². The van der Waals surface area contributed by atoms with E-state index in [1.807, 2.05) is 54.5 Å². The number of H-pyrrole nitrogens is 1. The molecular formula is C24H30N4O3S. The summed E-state index contributed by atoms with van der Waals surface area (Å²) in [6, 6.07) is 9.99. The molecule has 0 radical (unpaired) electrons. The summed E-state index contributed by atoms with van der Waals surface area (Å²) < 4.78 is 6.15. The number of rotatable bonds is 8. The lowest BCUT2D eigenvalue weighted by molar-refractivity contribution is -0.125. The molecule has 0 saturated carbocycles. The van der Waals surface area contributed by atoms with Gasteiger partial charge in [-0.3, -0.25) is 14.6 Å². The van der Waals surface area contributed by atoms with Crippen molar-refractivity contribution < 1.29 is 9.53 Å². The van der Waals surface area contributed by atoms with Crippen molar-refractivity contribution in [2.45, 2.75) is 39.2 Å². The number of carbonyl (C=O) groups excluding carboxylic acids is 1. The van der Waals surface area contributed by atoms with Gasteiger partial charge in [0, 0.05) is 37.2 Å². The van der Waals surface area contributed by atoms with Crippen molar-refractivity contribution in [2.24, 2.45) is 5.92 Å². The number of anilines is 1. The number of nitrogens with one attached hydrogen (secondary N) is 2. The number of fused-ring (bicyclic) bond motifs is 1. The lowest BCUT2D eigenvalue weighted by atomic mass is 9.97. The first kappa shape index (κ1) is 22.5. The molecule has 1 amide bonds. The molecule has 3 heterocycles. The standard InChI is InChI=1S/C24H30N4O3S/c1-16(2)31-13-7-11-25-22(29)18-10-6-12-28(14-18)24-26-20-19(17-8-4-3-5-9-17)15-32-21(20)23(30)27-24/h3-5,8-9,15-16,18H,6-7,10-14H2,1-2H3,(H,25,29)(H,26,27,30)/t18-/m0/s1. The highest BCUT2D eigenvalue weighted by Crippen LogP contribution is 2.32. The summed E-state index contributed by atoms with van der Waals surface area (Å²) in [6.45, 7) is 6.58.